The standard InChI is InChI=1S/C15H10F3NO2/c1-19-11-9-10(15(16,17)18)7-8-12(11)21-14-6-4-3-5-13(14)20-2/h3-9H,2H3. The van der Waals surface area contributed by atoms with Crippen LogP contribution < -0.4 is 9.47 Å². The van der Waals surface area contributed by atoms with Crippen LogP contribution >= 0.6 is 0 Å². The van der Waals surface area contributed by atoms with Gasteiger partial charge in [0.2, 0.25) is 5.69 Å². The molecule has 6 heteroatoms. The SMILES string of the molecule is [C-]#[N+]c1cc(C(F)(F)F)ccc1Oc1ccccc1OC. The Labute approximate surface area is 119 Å². The van der Waals surface area contributed by atoms with E-state index in [0.29, 0.717) is 11.5 Å². The highest BCUT2D eigenvalue weighted by atomic mass is 19.4. The largest absolute Gasteiger partial charge is 0.493 e. The lowest BCUT2D eigenvalue weighted by molar-refractivity contribution is -0.137. The summed E-state index contributed by atoms with van der Waals surface area (Å²) in [6.07, 6.45) is -4.50. The predicted octanol–water partition coefficient (Wildman–Crippen LogP) is 5.06. The molecule has 0 aliphatic heterocycles. The molecule has 0 atom stereocenters. The van der Waals surface area contributed by atoms with Gasteiger partial charge in [-0.05, 0) is 30.3 Å². The van der Waals surface area contributed by atoms with Gasteiger partial charge in [-0.15, -0.1) is 0 Å². The van der Waals surface area contributed by atoms with E-state index < -0.39 is 11.7 Å². The zero-order chi connectivity index (χ0) is 15.5. The van der Waals surface area contributed by atoms with Crippen LogP contribution in [0, 0.1) is 6.57 Å². The molecular weight excluding hydrogens is 283 g/mol. The van der Waals surface area contributed by atoms with E-state index >= 15 is 0 Å². The summed E-state index contributed by atoms with van der Waals surface area (Å²) >= 11 is 0. The van der Waals surface area contributed by atoms with Crippen molar-refractivity contribution >= 4 is 5.69 Å². The van der Waals surface area contributed by atoms with Gasteiger partial charge in [-0.1, -0.05) is 12.1 Å². The number of benzene rings is 2. The Bertz CT molecular complexity index is 690. The van der Waals surface area contributed by atoms with Gasteiger partial charge < -0.3 is 9.47 Å². The minimum absolute atomic E-state index is 0.0440. The van der Waals surface area contributed by atoms with Crippen LogP contribution in [0.2, 0.25) is 0 Å². The molecule has 2 aromatic rings. The zero-order valence-corrected chi connectivity index (χ0v) is 10.9. The fraction of sp³-hybridized carbons (Fsp3) is 0.133. The summed E-state index contributed by atoms with van der Waals surface area (Å²) < 4.78 is 48.4. The Hall–Kier alpha value is -2.68. The number of ether oxygens (including phenoxy) is 2. The molecular formula is C15H10F3NO2. The molecule has 0 heterocycles. The molecule has 3 nitrogen and oxygen atoms in total. The number of para-hydroxylation sites is 2. The van der Waals surface area contributed by atoms with Crippen LogP contribution in [0.4, 0.5) is 18.9 Å². The molecule has 0 unspecified atom stereocenters. The first-order chi connectivity index (χ1) is 9.95. The molecule has 0 aromatic heterocycles. The molecule has 0 fully saturated rings. The van der Waals surface area contributed by atoms with Gasteiger partial charge in [0.15, 0.2) is 11.5 Å². The van der Waals surface area contributed by atoms with E-state index in [1.54, 1.807) is 24.3 Å². The van der Waals surface area contributed by atoms with E-state index in [2.05, 4.69) is 4.85 Å². The fourth-order valence-electron chi connectivity index (χ4n) is 1.69. The number of hydrogen-bond acceptors (Lipinski definition) is 2. The van der Waals surface area contributed by atoms with Crippen molar-refractivity contribution in [2.24, 2.45) is 0 Å². The third-order valence-corrected chi connectivity index (χ3v) is 2.70. The molecule has 2 rings (SSSR count). The summed E-state index contributed by atoms with van der Waals surface area (Å²) in [6.45, 7) is 7.00. The molecule has 0 bridgehead atoms. The van der Waals surface area contributed by atoms with Crippen LogP contribution in [-0.4, -0.2) is 7.11 Å². The summed E-state index contributed by atoms with van der Waals surface area (Å²) in [5.41, 5.74) is -1.10. The Morgan fingerprint density at radius 3 is 2.24 bits per heavy atom. The molecule has 0 aliphatic rings. The highest BCUT2D eigenvalue weighted by Gasteiger charge is 2.31. The number of nitrogens with zero attached hydrogens (tertiary/aromatic N) is 1. The van der Waals surface area contributed by atoms with Crippen LogP contribution in [0.15, 0.2) is 42.5 Å². The van der Waals surface area contributed by atoms with Gasteiger partial charge in [0.05, 0.1) is 13.7 Å². The summed E-state index contributed by atoms with van der Waals surface area (Å²) in [5, 5.41) is 0. The summed E-state index contributed by atoms with van der Waals surface area (Å²) in [4.78, 5) is 3.08. The highest BCUT2D eigenvalue weighted by molar-refractivity contribution is 5.61. The summed E-state index contributed by atoms with van der Waals surface area (Å²) in [7, 11) is 1.45. The molecule has 0 amide bonds. The Morgan fingerprint density at radius 1 is 1.00 bits per heavy atom. The van der Waals surface area contributed by atoms with Crippen molar-refractivity contribution in [2.45, 2.75) is 6.18 Å². The smallest absolute Gasteiger partial charge is 0.415 e. The first-order valence-electron chi connectivity index (χ1n) is 5.85. The van der Waals surface area contributed by atoms with Gasteiger partial charge in [0.25, 0.3) is 0 Å². The van der Waals surface area contributed by atoms with Gasteiger partial charge in [-0.3, -0.25) is 0 Å². The van der Waals surface area contributed by atoms with Crippen molar-refractivity contribution in [3.8, 4) is 17.2 Å². The van der Waals surface area contributed by atoms with Crippen LogP contribution in [-0.2, 0) is 6.18 Å². The van der Waals surface area contributed by atoms with Crippen molar-refractivity contribution in [3.05, 3.63) is 59.4 Å². The molecule has 2 aromatic carbocycles. The monoisotopic (exact) mass is 293 g/mol. The molecule has 0 spiro atoms. The van der Waals surface area contributed by atoms with Crippen molar-refractivity contribution in [3.63, 3.8) is 0 Å². The second kappa shape index (κ2) is 5.75. The maximum absolute atomic E-state index is 12.6. The van der Waals surface area contributed by atoms with Crippen molar-refractivity contribution in [2.75, 3.05) is 7.11 Å². The van der Waals surface area contributed by atoms with Gasteiger partial charge in [0.1, 0.15) is 5.75 Å². The van der Waals surface area contributed by atoms with Crippen LogP contribution in [0.25, 0.3) is 4.85 Å². The second-order valence-corrected chi connectivity index (χ2v) is 4.04. The topological polar surface area (TPSA) is 22.8 Å². The van der Waals surface area contributed by atoms with Crippen LogP contribution in [0.5, 0.6) is 17.2 Å². The lowest BCUT2D eigenvalue weighted by Gasteiger charge is -2.13. The maximum atomic E-state index is 12.6. The van der Waals surface area contributed by atoms with Gasteiger partial charge in [-0.25, -0.2) is 4.85 Å². The lowest BCUT2D eigenvalue weighted by Crippen LogP contribution is -2.04. The van der Waals surface area contributed by atoms with Gasteiger partial charge in [0, 0.05) is 5.56 Å². The number of alkyl halides is 3. The quantitative estimate of drug-likeness (QED) is 0.738. The third kappa shape index (κ3) is 3.26. The third-order valence-electron chi connectivity index (χ3n) is 2.70. The number of rotatable bonds is 3. The van der Waals surface area contributed by atoms with E-state index in [9.17, 15) is 13.2 Å². The zero-order valence-electron chi connectivity index (χ0n) is 10.9. The van der Waals surface area contributed by atoms with Crippen molar-refractivity contribution in [1.82, 2.24) is 0 Å². The lowest BCUT2D eigenvalue weighted by atomic mass is 10.2. The predicted molar refractivity (Wildman–Crippen MR) is 70.8 cm³/mol. The van der Waals surface area contributed by atoms with Crippen LogP contribution in [0.3, 0.4) is 0 Å². The highest BCUT2D eigenvalue weighted by Crippen LogP contribution is 2.40. The van der Waals surface area contributed by atoms with Gasteiger partial charge in [-0.2, -0.15) is 13.2 Å². The Morgan fingerprint density at radius 2 is 1.67 bits per heavy atom. The van der Waals surface area contributed by atoms with E-state index in [4.69, 9.17) is 16.0 Å². The molecule has 0 aliphatic carbocycles. The number of halogens is 3. The average molecular weight is 293 g/mol. The summed E-state index contributed by atoms with van der Waals surface area (Å²) in [6, 6.07) is 9.44. The van der Waals surface area contributed by atoms with E-state index in [1.807, 2.05) is 0 Å². The normalized spacial score (nSPS) is 10.8. The van der Waals surface area contributed by atoms with E-state index in [1.165, 1.54) is 7.11 Å². The number of hydrogen-bond donors (Lipinski definition) is 0. The molecule has 21 heavy (non-hydrogen) atoms. The van der Waals surface area contributed by atoms with E-state index in [-0.39, 0.29) is 11.4 Å². The molecule has 0 radical (unpaired) electrons. The van der Waals surface area contributed by atoms with Gasteiger partial charge >= 0.3 is 6.18 Å². The Kier molecular flexibility index (Phi) is 4.03. The minimum atomic E-state index is -4.50. The molecule has 0 saturated carbocycles. The minimum Gasteiger partial charge on any atom is -0.493 e. The van der Waals surface area contributed by atoms with Crippen molar-refractivity contribution in [1.29, 1.82) is 0 Å². The first kappa shape index (κ1) is 14.7. The number of methoxy groups -OCH3 is 1. The molecule has 108 valence electrons. The molecule has 0 N–H and O–H groups in total. The van der Waals surface area contributed by atoms with E-state index in [0.717, 1.165) is 18.2 Å². The average Bonchev–Trinajstić information content (AvgIpc) is 2.47. The Balaban J connectivity index is 2.39. The first-order valence-corrected chi connectivity index (χ1v) is 5.85. The second-order valence-electron chi connectivity index (χ2n) is 4.04. The fourth-order valence-corrected chi connectivity index (χ4v) is 1.69. The van der Waals surface area contributed by atoms with Crippen LogP contribution in [0.1, 0.15) is 5.56 Å². The summed E-state index contributed by atoms with van der Waals surface area (Å²) in [5.74, 6) is 0.792. The maximum Gasteiger partial charge on any atom is 0.415 e. The van der Waals surface area contributed by atoms with Crippen molar-refractivity contribution < 1.29 is 22.6 Å². The molecule has 0 saturated heterocycles.